The van der Waals surface area contributed by atoms with E-state index in [0.717, 1.165) is 22.3 Å². The summed E-state index contributed by atoms with van der Waals surface area (Å²) in [5.41, 5.74) is 15.1. The van der Waals surface area contributed by atoms with Crippen molar-refractivity contribution in [2.24, 2.45) is 11.5 Å². The highest BCUT2D eigenvalue weighted by Crippen LogP contribution is 2.24. The number of rotatable bonds is 4. The molecule has 21 heavy (non-hydrogen) atoms. The van der Waals surface area contributed by atoms with Crippen molar-refractivity contribution in [2.75, 3.05) is 0 Å². The molecule has 5 heteroatoms. The third-order valence-electron chi connectivity index (χ3n) is 3.30. The maximum absolute atomic E-state index is 5.72. The summed E-state index contributed by atoms with van der Waals surface area (Å²) >= 11 is 0. The van der Waals surface area contributed by atoms with Crippen molar-refractivity contribution < 1.29 is 4.42 Å². The standard InChI is InChI=1S/C16H16N4O/c17-9-11-1-5-13(6-2-11)15-19-20-16(21-15)14-7-3-12(10-18)4-8-14/h1-8H,9-10,17-18H2. The fraction of sp³-hybridized carbons (Fsp3) is 0.125. The van der Waals surface area contributed by atoms with Crippen LogP contribution in [0, 0.1) is 0 Å². The summed E-state index contributed by atoms with van der Waals surface area (Å²) < 4.78 is 5.72. The summed E-state index contributed by atoms with van der Waals surface area (Å²) in [5, 5.41) is 8.18. The number of hydrogen-bond donors (Lipinski definition) is 2. The smallest absolute Gasteiger partial charge is 0.248 e. The predicted octanol–water partition coefficient (Wildman–Crippen LogP) is 2.32. The zero-order chi connectivity index (χ0) is 14.7. The first-order valence-electron chi connectivity index (χ1n) is 6.72. The average Bonchev–Trinajstić information content (AvgIpc) is 3.05. The maximum atomic E-state index is 5.72. The Bertz CT molecular complexity index is 655. The highest BCUT2D eigenvalue weighted by Gasteiger charge is 2.10. The number of nitrogens with two attached hydrogens (primary N) is 2. The van der Waals surface area contributed by atoms with Gasteiger partial charge in [-0.2, -0.15) is 0 Å². The van der Waals surface area contributed by atoms with Crippen LogP contribution < -0.4 is 11.5 Å². The molecule has 0 fully saturated rings. The van der Waals surface area contributed by atoms with Crippen LogP contribution in [-0.2, 0) is 13.1 Å². The van der Waals surface area contributed by atoms with Gasteiger partial charge in [0.2, 0.25) is 11.8 Å². The Kier molecular flexibility index (Phi) is 3.77. The minimum Gasteiger partial charge on any atom is -0.416 e. The van der Waals surface area contributed by atoms with Crippen molar-refractivity contribution in [1.82, 2.24) is 10.2 Å². The van der Waals surface area contributed by atoms with Crippen LogP contribution in [-0.4, -0.2) is 10.2 Å². The van der Waals surface area contributed by atoms with E-state index in [1.54, 1.807) is 0 Å². The quantitative estimate of drug-likeness (QED) is 0.765. The first kappa shape index (κ1) is 13.5. The highest BCUT2D eigenvalue weighted by molar-refractivity contribution is 5.58. The largest absolute Gasteiger partial charge is 0.416 e. The van der Waals surface area contributed by atoms with Crippen molar-refractivity contribution in [3.8, 4) is 22.9 Å². The Hall–Kier alpha value is -2.50. The molecule has 0 bridgehead atoms. The molecule has 5 nitrogen and oxygen atoms in total. The highest BCUT2D eigenvalue weighted by atomic mass is 16.4. The van der Waals surface area contributed by atoms with Crippen molar-refractivity contribution in [3.63, 3.8) is 0 Å². The summed E-state index contributed by atoms with van der Waals surface area (Å²) in [5.74, 6) is 0.993. The van der Waals surface area contributed by atoms with E-state index >= 15 is 0 Å². The number of aromatic nitrogens is 2. The third-order valence-corrected chi connectivity index (χ3v) is 3.30. The zero-order valence-corrected chi connectivity index (χ0v) is 11.5. The van der Waals surface area contributed by atoms with E-state index in [1.807, 2.05) is 48.5 Å². The molecule has 3 aromatic rings. The van der Waals surface area contributed by atoms with Gasteiger partial charge in [0.05, 0.1) is 0 Å². The number of hydrogen-bond acceptors (Lipinski definition) is 5. The molecule has 0 aliphatic heterocycles. The summed E-state index contributed by atoms with van der Waals surface area (Å²) in [6, 6.07) is 15.5. The van der Waals surface area contributed by atoms with E-state index in [0.29, 0.717) is 24.9 Å². The molecule has 4 N–H and O–H groups in total. The molecular formula is C16H16N4O. The predicted molar refractivity (Wildman–Crippen MR) is 81.0 cm³/mol. The number of nitrogens with zero attached hydrogens (tertiary/aromatic N) is 2. The Labute approximate surface area is 122 Å². The molecule has 1 heterocycles. The van der Waals surface area contributed by atoms with E-state index in [4.69, 9.17) is 15.9 Å². The van der Waals surface area contributed by atoms with Gasteiger partial charge in [0.25, 0.3) is 0 Å². The minimum absolute atomic E-state index is 0.497. The second-order valence-corrected chi connectivity index (χ2v) is 4.71. The van der Waals surface area contributed by atoms with E-state index in [9.17, 15) is 0 Å². The Balaban J connectivity index is 1.87. The van der Waals surface area contributed by atoms with Gasteiger partial charge in [-0.25, -0.2) is 0 Å². The minimum atomic E-state index is 0.497. The lowest BCUT2D eigenvalue weighted by Crippen LogP contribution is -1.95. The molecule has 0 radical (unpaired) electrons. The SMILES string of the molecule is NCc1ccc(-c2nnc(-c3ccc(CN)cc3)o2)cc1. The van der Waals surface area contributed by atoms with Gasteiger partial charge in [0.1, 0.15) is 0 Å². The molecule has 0 aliphatic rings. The molecule has 0 amide bonds. The molecule has 0 aliphatic carbocycles. The molecular weight excluding hydrogens is 264 g/mol. The van der Waals surface area contributed by atoms with E-state index < -0.39 is 0 Å². The van der Waals surface area contributed by atoms with Crippen molar-refractivity contribution >= 4 is 0 Å². The first-order chi connectivity index (χ1) is 10.3. The third kappa shape index (κ3) is 2.84. The van der Waals surface area contributed by atoms with E-state index in [-0.39, 0.29) is 0 Å². The summed E-state index contributed by atoms with van der Waals surface area (Å²) in [6.45, 7) is 1.03. The van der Waals surface area contributed by atoms with Gasteiger partial charge in [-0.15, -0.1) is 10.2 Å². The molecule has 106 valence electrons. The van der Waals surface area contributed by atoms with Crippen LogP contribution >= 0.6 is 0 Å². The summed E-state index contributed by atoms with van der Waals surface area (Å²) in [4.78, 5) is 0. The van der Waals surface area contributed by atoms with Gasteiger partial charge in [-0.1, -0.05) is 24.3 Å². The van der Waals surface area contributed by atoms with Crippen LogP contribution in [0.1, 0.15) is 11.1 Å². The topological polar surface area (TPSA) is 91.0 Å². The van der Waals surface area contributed by atoms with Gasteiger partial charge in [-0.3, -0.25) is 0 Å². The van der Waals surface area contributed by atoms with Crippen LogP contribution in [0.2, 0.25) is 0 Å². The van der Waals surface area contributed by atoms with Gasteiger partial charge in [0.15, 0.2) is 0 Å². The second-order valence-electron chi connectivity index (χ2n) is 4.71. The van der Waals surface area contributed by atoms with Crippen LogP contribution in [0.25, 0.3) is 22.9 Å². The molecule has 1 aromatic heterocycles. The van der Waals surface area contributed by atoms with E-state index in [2.05, 4.69) is 10.2 Å². The molecule has 3 rings (SSSR count). The van der Waals surface area contributed by atoms with Crippen LogP contribution in [0.15, 0.2) is 52.9 Å². The fourth-order valence-electron chi connectivity index (χ4n) is 2.02. The lowest BCUT2D eigenvalue weighted by Gasteiger charge is -1.99. The molecule has 0 unspecified atom stereocenters. The number of benzene rings is 2. The lowest BCUT2D eigenvalue weighted by atomic mass is 10.1. The van der Waals surface area contributed by atoms with Crippen LogP contribution in [0.3, 0.4) is 0 Å². The lowest BCUT2D eigenvalue weighted by molar-refractivity contribution is 0.584. The van der Waals surface area contributed by atoms with Gasteiger partial charge in [-0.05, 0) is 35.4 Å². The Morgan fingerprint density at radius 3 is 1.38 bits per heavy atom. The molecule has 0 spiro atoms. The van der Waals surface area contributed by atoms with Crippen LogP contribution in [0.5, 0.6) is 0 Å². The second kappa shape index (κ2) is 5.87. The molecule has 0 atom stereocenters. The summed E-state index contributed by atoms with van der Waals surface area (Å²) in [6.07, 6.45) is 0. The van der Waals surface area contributed by atoms with Gasteiger partial charge >= 0.3 is 0 Å². The molecule has 0 saturated carbocycles. The van der Waals surface area contributed by atoms with Crippen LogP contribution in [0.4, 0.5) is 0 Å². The van der Waals surface area contributed by atoms with Crippen molar-refractivity contribution in [3.05, 3.63) is 59.7 Å². The zero-order valence-electron chi connectivity index (χ0n) is 11.5. The molecule has 0 saturated heterocycles. The fourth-order valence-corrected chi connectivity index (χ4v) is 2.02. The molecule has 2 aromatic carbocycles. The normalized spacial score (nSPS) is 10.8. The Morgan fingerprint density at radius 1 is 0.667 bits per heavy atom. The summed E-state index contributed by atoms with van der Waals surface area (Å²) in [7, 11) is 0. The first-order valence-corrected chi connectivity index (χ1v) is 6.72. The van der Waals surface area contributed by atoms with Crippen molar-refractivity contribution in [1.29, 1.82) is 0 Å². The monoisotopic (exact) mass is 280 g/mol. The Morgan fingerprint density at radius 2 is 1.05 bits per heavy atom. The van der Waals surface area contributed by atoms with Gasteiger partial charge in [0, 0.05) is 24.2 Å². The van der Waals surface area contributed by atoms with Gasteiger partial charge < -0.3 is 15.9 Å². The maximum Gasteiger partial charge on any atom is 0.248 e. The van der Waals surface area contributed by atoms with Crippen molar-refractivity contribution in [2.45, 2.75) is 13.1 Å². The van der Waals surface area contributed by atoms with E-state index in [1.165, 1.54) is 0 Å². The average molecular weight is 280 g/mol.